The van der Waals surface area contributed by atoms with Crippen LogP contribution in [0, 0.1) is 0 Å². The monoisotopic (exact) mass is 746 g/mol. The zero-order valence-electron chi connectivity index (χ0n) is 32.5. The van der Waals surface area contributed by atoms with E-state index >= 15 is 0 Å². The van der Waals surface area contributed by atoms with Gasteiger partial charge < -0.3 is 39.4 Å². The highest BCUT2D eigenvalue weighted by Crippen LogP contribution is 2.22. The minimum absolute atomic E-state index is 0.102. The van der Waals surface area contributed by atoms with Crippen molar-refractivity contribution < 1.29 is 49.0 Å². The molecule has 1 rings (SSSR count). The molecule has 1 fully saturated rings. The number of ether oxygens (including phenoxy) is 4. The second-order valence-electron chi connectivity index (χ2n) is 13.4. The summed E-state index contributed by atoms with van der Waals surface area (Å²) in [4.78, 5) is 25.1. The van der Waals surface area contributed by atoms with Gasteiger partial charge in [0, 0.05) is 12.8 Å². The Morgan fingerprint density at radius 3 is 1.64 bits per heavy atom. The van der Waals surface area contributed by atoms with E-state index in [0.29, 0.717) is 12.8 Å². The molecular formula is C43H70O10. The smallest absolute Gasteiger partial charge is 0.306 e. The average molecular weight is 747 g/mol. The number of allylic oxidation sites excluding steroid dienone is 12. The van der Waals surface area contributed by atoms with E-state index in [-0.39, 0.29) is 26.1 Å². The van der Waals surface area contributed by atoms with E-state index < -0.39 is 55.4 Å². The summed E-state index contributed by atoms with van der Waals surface area (Å²) in [6, 6.07) is 0. The molecule has 1 saturated heterocycles. The van der Waals surface area contributed by atoms with Crippen molar-refractivity contribution in [3.63, 3.8) is 0 Å². The number of esters is 2. The van der Waals surface area contributed by atoms with Gasteiger partial charge in [-0.25, -0.2) is 0 Å². The third-order valence-corrected chi connectivity index (χ3v) is 8.62. The van der Waals surface area contributed by atoms with Crippen LogP contribution in [0.15, 0.2) is 72.9 Å². The third-order valence-electron chi connectivity index (χ3n) is 8.62. The Kier molecular flexibility index (Phi) is 30.6. The summed E-state index contributed by atoms with van der Waals surface area (Å²) in [5, 5.41) is 39.9. The molecule has 0 amide bonds. The largest absolute Gasteiger partial charge is 0.462 e. The summed E-state index contributed by atoms with van der Waals surface area (Å²) < 4.78 is 21.9. The number of aliphatic hydroxyl groups excluding tert-OH is 4. The van der Waals surface area contributed by atoms with Gasteiger partial charge in [-0.2, -0.15) is 0 Å². The van der Waals surface area contributed by atoms with Crippen molar-refractivity contribution >= 4 is 11.9 Å². The maximum absolute atomic E-state index is 12.7. The van der Waals surface area contributed by atoms with Crippen LogP contribution in [-0.2, 0) is 28.5 Å². The quantitative estimate of drug-likeness (QED) is 0.0316. The lowest BCUT2D eigenvalue weighted by Crippen LogP contribution is -2.59. The molecule has 4 N–H and O–H groups in total. The molecule has 53 heavy (non-hydrogen) atoms. The minimum atomic E-state index is -1.61. The molecule has 0 aliphatic carbocycles. The van der Waals surface area contributed by atoms with Crippen LogP contribution in [0.25, 0.3) is 0 Å². The number of carbonyl (C=O) groups excluding carboxylic acids is 2. The van der Waals surface area contributed by atoms with Gasteiger partial charge in [0.15, 0.2) is 12.4 Å². The highest BCUT2D eigenvalue weighted by atomic mass is 16.7. The number of hydrogen-bond donors (Lipinski definition) is 4. The lowest BCUT2D eigenvalue weighted by molar-refractivity contribution is -0.305. The van der Waals surface area contributed by atoms with Crippen molar-refractivity contribution in [1.82, 2.24) is 0 Å². The van der Waals surface area contributed by atoms with E-state index in [1.807, 2.05) is 12.2 Å². The van der Waals surface area contributed by atoms with Gasteiger partial charge in [0.25, 0.3) is 0 Å². The Balaban J connectivity index is 2.44. The van der Waals surface area contributed by atoms with Crippen LogP contribution >= 0.6 is 0 Å². The van der Waals surface area contributed by atoms with Gasteiger partial charge in [-0.1, -0.05) is 138 Å². The Morgan fingerprint density at radius 1 is 0.604 bits per heavy atom. The van der Waals surface area contributed by atoms with Crippen LogP contribution in [0.4, 0.5) is 0 Å². The molecule has 0 bridgehead atoms. The van der Waals surface area contributed by atoms with Crippen LogP contribution in [0.1, 0.15) is 129 Å². The van der Waals surface area contributed by atoms with Crippen molar-refractivity contribution in [3.05, 3.63) is 72.9 Å². The van der Waals surface area contributed by atoms with Crippen molar-refractivity contribution in [2.24, 2.45) is 0 Å². The first-order valence-electron chi connectivity index (χ1n) is 20.0. The van der Waals surface area contributed by atoms with Crippen LogP contribution in [0.3, 0.4) is 0 Å². The van der Waals surface area contributed by atoms with E-state index in [0.717, 1.165) is 57.8 Å². The second-order valence-corrected chi connectivity index (χ2v) is 13.4. The Morgan fingerprint density at radius 2 is 1.11 bits per heavy atom. The summed E-state index contributed by atoms with van der Waals surface area (Å²) in [7, 11) is 0. The Labute approximate surface area is 319 Å². The molecule has 0 spiro atoms. The lowest BCUT2D eigenvalue weighted by atomic mass is 9.99. The average Bonchev–Trinajstić information content (AvgIpc) is 3.15. The molecule has 1 aliphatic rings. The molecule has 2 unspecified atom stereocenters. The predicted molar refractivity (Wildman–Crippen MR) is 210 cm³/mol. The molecular weight excluding hydrogens is 676 g/mol. The highest BCUT2D eigenvalue weighted by Gasteiger charge is 2.44. The van der Waals surface area contributed by atoms with E-state index in [1.54, 1.807) is 0 Å². The number of hydrogen-bond acceptors (Lipinski definition) is 10. The predicted octanol–water partition coefficient (Wildman–Crippen LogP) is 7.66. The van der Waals surface area contributed by atoms with Gasteiger partial charge in [-0.05, 0) is 51.4 Å². The van der Waals surface area contributed by atoms with Gasteiger partial charge in [0.1, 0.15) is 31.0 Å². The number of carbonyl (C=O) groups is 2. The van der Waals surface area contributed by atoms with Crippen molar-refractivity contribution in [1.29, 1.82) is 0 Å². The molecule has 0 saturated carbocycles. The molecule has 0 radical (unpaired) electrons. The van der Waals surface area contributed by atoms with Crippen LogP contribution < -0.4 is 0 Å². The number of aliphatic hydroxyl groups is 4. The zero-order chi connectivity index (χ0) is 38.8. The lowest BCUT2D eigenvalue weighted by Gasteiger charge is -2.39. The van der Waals surface area contributed by atoms with Crippen molar-refractivity contribution in [2.45, 2.75) is 166 Å². The topological polar surface area (TPSA) is 152 Å². The second kappa shape index (κ2) is 33.7. The molecule has 10 heteroatoms. The first kappa shape index (κ1) is 48.2. The van der Waals surface area contributed by atoms with Crippen LogP contribution in [0.5, 0.6) is 0 Å². The SMILES string of the molecule is CC/C=C/C/C=C/C/C=C/C/C=C/C/C=C/C/C=C/CCC(=O)O[C@H](COC(=O)CCCCCCCCCCC)CO[C@@H]1O[C@H](CO)[C@H](O)C(O)C1O. The van der Waals surface area contributed by atoms with E-state index in [9.17, 15) is 30.0 Å². The minimum Gasteiger partial charge on any atom is -0.462 e. The fraction of sp³-hybridized carbons (Fsp3) is 0.674. The normalized spacial score (nSPS) is 21.7. The first-order chi connectivity index (χ1) is 25.8. The van der Waals surface area contributed by atoms with Gasteiger partial charge >= 0.3 is 11.9 Å². The maximum atomic E-state index is 12.7. The van der Waals surface area contributed by atoms with Crippen LogP contribution in [0.2, 0.25) is 0 Å². The summed E-state index contributed by atoms with van der Waals surface area (Å²) in [5.74, 6) is -0.915. The van der Waals surface area contributed by atoms with E-state index in [4.69, 9.17) is 18.9 Å². The Bertz CT molecular complexity index is 1090. The van der Waals surface area contributed by atoms with Crippen molar-refractivity contribution in [3.8, 4) is 0 Å². The number of rotatable bonds is 31. The maximum Gasteiger partial charge on any atom is 0.306 e. The molecule has 302 valence electrons. The highest BCUT2D eigenvalue weighted by molar-refractivity contribution is 5.70. The molecule has 1 aliphatic heterocycles. The third kappa shape index (κ3) is 25.7. The van der Waals surface area contributed by atoms with E-state index in [2.05, 4.69) is 74.6 Å². The molecule has 0 aromatic heterocycles. The van der Waals surface area contributed by atoms with Crippen LogP contribution in [-0.4, -0.2) is 89.0 Å². The van der Waals surface area contributed by atoms with Crippen molar-refractivity contribution in [2.75, 3.05) is 19.8 Å². The van der Waals surface area contributed by atoms with Gasteiger partial charge in [0.2, 0.25) is 0 Å². The zero-order valence-corrected chi connectivity index (χ0v) is 32.5. The van der Waals surface area contributed by atoms with Gasteiger partial charge in [-0.3, -0.25) is 9.59 Å². The summed E-state index contributed by atoms with van der Waals surface area (Å²) in [6.45, 7) is 3.18. The molecule has 0 aromatic rings. The summed E-state index contributed by atoms with van der Waals surface area (Å²) in [5.41, 5.74) is 0. The molecule has 1 heterocycles. The first-order valence-corrected chi connectivity index (χ1v) is 20.0. The molecule has 0 aromatic carbocycles. The fourth-order valence-corrected chi connectivity index (χ4v) is 5.45. The van der Waals surface area contributed by atoms with Gasteiger partial charge in [-0.15, -0.1) is 0 Å². The summed E-state index contributed by atoms with van der Waals surface area (Å²) >= 11 is 0. The molecule has 6 atom stereocenters. The summed E-state index contributed by atoms with van der Waals surface area (Å²) in [6.07, 6.45) is 33.6. The number of unbranched alkanes of at least 4 members (excludes halogenated alkanes) is 8. The van der Waals surface area contributed by atoms with E-state index in [1.165, 1.54) is 32.1 Å². The fourth-order valence-electron chi connectivity index (χ4n) is 5.45. The molecule has 10 nitrogen and oxygen atoms in total. The standard InChI is InChI=1S/C43H70O10/c1-3-5-7-9-11-13-14-15-16-17-18-19-20-21-22-24-26-28-30-32-39(46)52-36(35-51-43-42(49)41(48)40(47)37(33-44)53-43)34-50-38(45)31-29-27-25-23-12-10-8-6-4-2/h5,7,11,13,15-16,18-19,21-22,26,28,36-37,40-44,47-49H,3-4,6,8-10,12,14,17,20,23-25,27,29-35H2,1-2H3/b7-5+,13-11+,16-15+,19-18+,22-21+,28-26+/t36-,37-,40+,41?,42?,43-/m1/s1. The van der Waals surface area contributed by atoms with Gasteiger partial charge in [0.05, 0.1) is 13.2 Å². The Hall–Kier alpha value is -2.86.